The maximum absolute atomic E-state index is 9.17. The maximum Gasteiger partial charge on any atom is 0.120 e. The van der Waals surface area contributed by atoms with E-state index < -0.39 is 0 Å². The summed E-state index contributed by atoms with van der Waals surface area (Å²) in [5.41, 5.74) is 0. The van der Waals surface area contributed by atoms with E-state index in [-0.39, 0.29) is 6.10 Å². The van der Waals surface area contributed by atoms with E-state index in [2.05, 4.69) is 29.2 Å². The van der Waals surface area contributed by atoms with E-state index in [1.54, 1.807) is 0 Å². The molecule has 1 saturated heterocycles. The predicted octanol–water partition coefficient (Wildman–Crippen LogP) is 1.90. The molecule has 3 nitrogen and oxygen atoms in total. The van der Waals surface area contributed by atoms with Crippen LogP contribution in [0.4, 0.5) is 0 Å². The molecule has 0 aliphatic carbocycles. The number of fused-ring (bicyclic) bond motifs is 1. The Morgan fingerprint density at radius 3 is 2.67 bits per heavy atom. The second kappa shape index (κ2) is 4.96. The van der Waals surface area contributed by atoms with Gasteiger partial charge in [0.2, 0.25) is 0 Å². The summed E-state index contributed by atoms with van der Waals surface area (Å²) in [5, 5.41) is 11.6. The minimum absolute atomic E-state index is 0.134. The molecule has 0 atom stereocenters. The number of ether oxygens (including phenoxy) is 1. The summed E-state index contributed by atoms with van der Waals surface area (Å²) in [5.74, 6) is 0.912. The van der Waals surface area contributed by atoms with E-state index >= 15 is 0 Å². The van der Waals surface area contributed by atoms with E-state index in [9.17, 15) is 5.11 Å². The number of nitrogens with zero attached hydrogens (tertiary/aromatic N) is 1. The highest BCUT2D eigenvalue weighted by Gasteiger charge is 2.23. The monoisotopic (exact) mass is 243 g/mol. The van der Waals surface area contributed by atoms with Crippen molar-refractivity contribution in [2.45, 2.75) is 6.10 Å². The lowest BCUT2D eigenvalue weighted by Crippen LogP contribution is -2.51. The third-order valence-electron chi connectivity index (χ3n) is 3.34. The second-order valence-electron chi connectivity index (χ2n) is 4.77. The van der Waals surface area contributed by atoms with Gasteiger partial charge in [-0.3, -0.25) is 4.90 Å². The van der Waals surface area contributed by atoms with Gasteiger partial charge in [-0.2, -0.15) is 0 Å². The fourth-order valence-electron chi connectivity index (χ4n) is 2.27. The molecular weight excluding hydrogens is 226 g/mol. The van der Waals surface area contributed by atoms with E-state index in [4.69, 9.17) is 4.74 Å². The van der Waals surface area contributed by atoms with Crippen molar-refractivity contribution in [2.24, 2.45) is 0 Å². The Bertz CT molecular complexity index is 535. The van der Waals surface area contributed by atoms with E-state index in [0.29, 0.717) is 6.61 Å². The summed E-state index contributed by atoms with van der Waals surface area (Å²) >= 11 is 0. The Morgan fingerprint density at radius 1 is 1.11 bits per heavy atom. The lowest BCUT2D eigenvalue weighted by atomic mass is 10.1. The molecule has 0 aromatic heterocycles. The quantitative estimate of drug-likeness (QED) is 0.890. The largest absolute Gasteiger partial charge is 0.492 e. The molecule has 3 heteroatoms. The van der Waals surface area contributed by atoms with Crippen molar-refractivity contribution in [3.05, 3.63) is 42.5 Å². The number of likely N-dealkylation sites (tertiary alicyclic amines) is 1. The van der Waals surface area contributed by atoms with E-state index in [1.807, 2.05) is 18.2 Å². The number of aliphatic hydroxyl groups is 1. The summed E-state index contributed by atoms with van der Waals surface area (Å²) in [6.07, 6.45) is -0.134. The zero-order valence-corrected chi connectivity index (χ0v) is 10.2. The summed E-state index contributed by atoms with van der Waals surface area (Å²) in [6, 6.07) is 14.4. The highest BCUT2D eigenvalue weighted by molar-refractivity contribution is 5.83. The number of β-amino-alcohol motifs (C(OH)–C–C–N with tert-alkyl or cyclic N) is 1. The van der Waals surface area contributed by atoms with Gasteiger partial charge in [0, 0.05) is 19.6 Å². The van der Waals surface area contributed by atoms with Crippen LogP contribution in [0.15, 0.2) is 42.5 Å². The van der Waals surface area contributed by atoms with Gasteiger partial charge in [-0.25, -0.2) is 0 Å². The van der Waals surface area contributed by atoms with Gasteiger partial charge in [0.15, 0.2) is 0 Å². The van der Waals surface area contributed by atoms with Crippen LogP contribution in [0.1, 0.15) is 0 Å². The lowest BCUT2D eigenvalue weighted by Gasteiger charge is -2.35. The topological polar surface area (TPSA) is 32.7 Å². The van der Waals surface area contributed by atoms with Gasteiger partial charge in [-0.1, -0.05) is 30.3 Å². The molecule has 2 aromatic carbocycles. The third-order valence-corrected chi connectivity index (χ3v) is 3.34. The zero-order valence-electron chi connectivity index (χ0n) is 10.2. The molecule has 1 aliphatic heterocycles. The highest BCUT2D eigenvalue weighted by Crippen LogP contribution is 2.20. The van der Waals surface area contributed by atoms with Crippen LogP contribution in [0.2, 0.25) is 0 Å². The first-order valence-corrected chi connectivity index (χ1v) is 6.33. The number of hydrogen-bond donors (Lipinski definition) is 1. The molecular formula is C15H17NO2. The van der Waals surface area contributed by atoms with Crippen molar-refractivity contribution in [2.75, 3.05) is 26.2 Å². The smallest absolute Gasteiger partial charge is 0.120 e. The Kier molecular flexibility index (Phi) is 3.17. The van der Waals surface area contributed by atoms with E-state index in [1.165, 1.54) is 10.8 Å². The average Bonchev–Trinajstić information content (AvgIpc) is 2.36. The minimum atomic E-state index is -0.134. The lowest BCUT2D eigenvalue weighted by molar-refractivity contribution is -0.00386. The van der Waals surface area contributed by atoms with Gasteiger partial charge >= 0.3 is 0 Å². The molecule has 1 N–H and O–H groups in total. The number of hydrogen-bond acceptors (Lipinski definition) is 3. The Morgan fingerprint density at radius 2 is 1.89 bits per heavy atom. The Labute approximate surface area is 107 Å². The van der Waals surface area contributed by atoms with Gasteiger partial charge in [-0.05, 0) is 22.9 Å². The highest BCUT2D eigenvalue weighted by atomic mass is 16.5. The molecule has 1 aliphatic rings. The van der Waals surface area contributed by atoms with Crippen LogP contribution in [0, 0.1) is 0 Å². The molecule has 1 heterocycles. The van der Waals surface area contributed by atoms with Gasteiger partial charge in [0.1, 0.15) is 12.4 Å². The maximum atomic E-state index is 9.17. The molecule has 0 radical (unpaired) electrons. The summed E-state index contributed by atoms with van der Waals surface area (Å²) < 4.78 is 5.73. The van der Waals surface area contributed by atoms with E-state index in [0.717, 1.165) is 25.4 Å². The molecule has 0 spiro atoms. The first-order valence-electron chi connectivity index (χ1n) is 6.33. The van der Waals surface area contributed by atoms with Crippen LogP contribution in [0.5, 0.6) is 5.75 Å². The van der Waals surface area contributed by atoms with Crippen molar-refractivity contribution in [1.29, 1.82) is 0 Å². The van der Waals surface area contributed by atoms with Crippen molar-refractivity contribution < 1.29 is 9.84 Å². The van der Waals surface area contributed by atoms with Crippen LogP contribution in [0.3, 0.4) is 0 Å². The molecule has 0 unspecified atom stereocenters. The first kappa shape index (κ1) is 11.5. The van der Waals surface area contributed by atoms with Crippen molar-refractivity contribution in [3.8, 4) is 5.75 Å². The SMILES string of the molecule is OC1CN(CCOc2ccc3ccccc3c2)C1. The van der Waals surface area contributed by atoms with Gasteiger partial charge in [0.25, 0.3) is 0 Å². The molecule has 0 saturated carbocycles. The van der Waals surface area contributed by atoms with Crippen molar-refractivity contribution in [1.82, 2.24) is 4.90 Å². The fourth-order valence-corrected chi connectivity index (χ4v) is 2.27. The molecule has 0 bridgehead atoms. The Balaban J connectivity index is 1.57. The predicted molar refractivity (Wildman–Crippen MR) is 71.9 cm³/mol. The average molecular weight is 243 g/mol. The molecule has 0 amide bonds. The number of rotatable bonds is 4. The fraction of sp³-hybridized carbons (Fsp3) is 0.333. The van der Waals surface area contributed by atoms with Gasteiger partial charge in [-0.15, -0.1) is 0 Å². The van der Waals surface area contributed by atoms with Crippen LogP contribution < -0.4 is 4.74 Å². The van der Waals surface area contributed by atoms with Crippen molar-refractivity contribution >= 4 is 10.8 Å². The number of aliphatic hydroxyl groups excluding tert-OH is 1. The summed E-state index contributed by atoms with van der Waals surface area (Å²) in [6.45, 7) is 3.11. The van der Waals surface area contributed by atoms with Crippen LogP contribution in [-0.4, -0.2) is 42.4 Å². The molecule has 3 rings (SSSR count). The first-order chi connectivity index (χ1) is 8.81. The molecule has 18 heavy (non-hydrogen) atoms. The third kappa shape index (κ3) is 2.47. The second-order valence-corrected chi connectivity index (χ2v) is 4.77. The van der Waals surface area contributed by atoms with Gasteiger partial charge in [0.05, 0.1) is 6.10 Å². The van der Waals surface area contributed by atoms with Crippen LogP contribution in [-0.2, 0) is 0 Å². The number of benzene rings is 2. The summed E-state index contributed by atoms with van der Waals surface area (Å²) in [4.78, 5) is 2.19. The molecule has 94 valence electrons. The van der Waals surface area contributed by atoms with Crippen LogP contribution >= 0.6 is 0 Å². The Hall–Kier alpha value is -1.58. The minimum Gasteiger partial charge on any atom is -0.492 e. The molecule has 1 fully saturated rings. The van der Waals surface area contributed by atoms with Crippen LogP contribution in [0.25, 0.3) is 10.8 Å². The normalized spacial score (nSPS) is 16.7. The summed E-state index contributed by atoms with van der Waals surface area (Å²) in [7, 11) is 0. The van der Waals surface area contributed by atoms with Crippen molar-refractivity contribution in [3.63, 3.8) is 0 Å². The van der Waals surface area contributed by atoms with Gasteiger partial charge < -0.3 is 9.84 Å². The zero-order chi connectivity index (χ0) is 12.4. The molecule has 2 aromatic rings. The standard InChI is InChI=1S/C15H17NO2/c17-14-10-16(11-14)7-8-18-15-6-5-12-3-1-2-4-13(12)9-15/h1-6,9,14,17H,7-8,10-11H2.